The fraction of sp³-hybridized carbons (Fsp3) is 0.235. The number of benzene rings is 2. The number of rotatable bonds is 4. The Balaban J connectivity index is 2.02. The Bertz CT molecular complexity index is 638. The number of nitrogens with one attached hydrogen (secondary N) is 1. The van der Waals surface area contributed by atoms with E-state index in [1.54, 1.807) is 6.92 Å². The van der Waals surface area contributed by atoms with E-state index in [9.17, 15) is 9.18 Å². The molecule has 1 N–H and O–H groups in total. The summed E-state index contributed by atoms with van der Waals surface area (Å²) in [7, 11) is 0. The molecule has 0 fully saturated rings. The van der Waals surface area contributed by atoms with Gasteiger partial charge in [-0.05, 0) is 62.2 Å². The molecule has 0 heterocycles. The van der Waals surface area contributed by atoms with E-state index >= 15 is 0 Å². The zero-order chi connectivity index (χ0) is 15.4. The minimum Gasteiger partial charge on any atom is -0.481 e. The molecule has 110 valence electrons. The molecule has 1 atom stereocenters. The van der Waals surface area contributed by atoms with E-state index in [0.717, 1.165) is 11.1 Å². The van der Waals surface area contributed by atoms with E-state index in [-0.39, 0.29) is 11.7 Å². The number of ether oxygens (including phenoxy) is 1. The average molecular weight is 287 g/mol. The molecule has 2 aromatic carbocycles. The van der Waals surface area contributed by atoms with Gasteiger partial charge in [0.1, 0.15) is 11.6 Å². The summed E-state index contributed by atoms with van der Waals surface area (Å²) in [5.41, 5.74) is 2.58. The fourth-order valence-corrected chi connectivity index (χ4v) is 1.86. The van der Waals surface area contributed by atoms with E-state index < -0.39 is 6.10 Å². The normalized spacial score (nSPS) is 11.8. The summed E-state index contributed by atoms with van der Waals surface area (Å²) >= 11 is 0. The van der Waals surface area contributed by atoms with Gasteiger partial charge in [0, 0.05) is 5.69 Å². The molecule has 4 heteroatoms. The summed E-state index contributed by atoms with van der Waals surface area (Å²) in [6.45, 7) is 5.58. The zero-order valence-corrected chi connectivity index (χ0v) is 12.3. The van der Waals surface area contributed by atoms with Crippen molar-refractivity contribution in [1.29, 1.82) is 0 Å². The maximum atomic E-state index is 12.8. The summed E-state index contributed by atoms with van der Waals surface area (Å²) < 4.78 is 18.5. The average Bonchev–Trinajstić information content (AvgIpc) is 2.45. The van der Waals surface area contributed by atoms with Gasteiger partial charge in [-0.3, -0.25) is 4.79 Å². The SMILES string of the molecule is Cc1ccc(C)c(O[C@H](C)C(=O)Nc2ccc(F)cc2)c1. The van der Waals surface area contributed by atoms with Crippen LogP contribution in [0.3, 0.4) is 0 Å². The molecule has 2 aromatic rings. The number of carbonyl (C=O) groups is 1. The topological polar surface area (TPSA) is 38.3 Å². The first-order valence-electron chi connectivity index (χ1n) is 6.76. The highest BCUT2D eigenvalue weighted by Crippen LogP contribution is 2.21. The van der Waals surface area contributed by atoms with Crippen molar-refractivity contribution in [2.45, 2.75) is 26.9 Å². The van der Waals surface area contributed by atoms with Crippen LogP contribution in [0.5, 0.6) is 5.75 Å². The van der Waals surface area contributed by atoms with Gasteiger partial charge >= 0.3 is 0 Å². The van der Waals surface area contributed by atoms with Crippen molar-refractivity contribution in [3.8, 4) is 5.75 Å². The van der Waals surface area contributed by atoms with Crippen LogP contribution in [0.4, 0.5) is 10.1 Å². The van der Waals surface area contributed by atoms with Gasteiger partial charge in [0.05, 0.1) is 0 Å². The van der Waals surface area contributed by atoms with Crippen LogP contribution in [0.1, 0.15) is 18.1 Å². The first kappa shape index (κ1) is 15.0. The largest absolute Gasteiger partial charge is 0.481 e. The molecular weight excluding hydrogens is 269 g/mol. The van der Waals surface area contributed by atoms with Crippen LogP contribution in [-0.2, 0) is 4.79 Å². The number of anilines is 1. The number of halogens is 1. The molecule has 0 radical (unpaired) electrons. The van der Waals surface area contributed by atoms with Gasteiger partial charge in [0.2, 0.25) is 0 Å². The van der Waals surface area contributed by atoms with Crippen molar-refractivity contribution >= 4 is 11.6 Å². The molecule has 0 aromatic heterocycles. The number of hydrogen-bond acceptors (Lipinski definition) is 2. The van der Waals surface area contributed by atoms with Crippen molar-refractivity contribution in [1.82, 2.24) is 0 Å². The number of aryl methyl sites for hydroxylation is 2. The highest BCUT2D eigenvalue weighted by atomic mass is 19.1. The van der Waals surface area contributed by atoms with Crippen molar-refractivity contribution in [2.24, 2.45) is 0 Å². The van der Waals surface area contributed by atoms with Gasteiger partial charge in [-0.25, -0.2) is 4.39 Å². The highest BCUT2D eigenvalue weighted by Gasteiger charge is 2.16. The van der Waals surface area contributed by atoms with Crippen molar-refractivity contribution in [2.75, 3.05) is 5.32 Å². The summed E-state index contributed by atoms with van der Waals surface area (Å²) in [5, 5.41) is 2.69. The van der Waals surface area contributed by atoms with Crippen molar-refractivity contribution in [3.63, 3.8) is 0 Å². The lowest BCUT2D eigenvalue weighted by molar-refractivity contribution is -0.122. The van der Waals surface area contributed by atoms with E-state index in [2.05, 4.69) is 5.32 Å². The molecule has 0 saturated heterocycles. The lowest BCUT2D eigenvalue weighted by Crippen LogP contribution is -2.30. The summed E-state index contributed by atoms with van der Waals surface area (Å²) in [5.74, 6) is 0.0759. The van der Waals surface area contributed by atoms with Crippen LogP contribution in [0.15, 0.2) is 42.5 Å². The van der Waals surface area contributed by atoms with Crippen LogP contribution < -0.4 is 10.1 Å². The molecule has 0 bridgehead atoms. The van der Waals surface area contributed by atoms with E-state index in [1.165, 1.54) is 24.3 Å². The standard InChI is InChI=1S/C17H18FNO2/c1-11-4-5-12(2)16(10-11)21-13(3)17(20)19-15-8-6-14(18)7-9-15/h4-10,13H,1-3H3,(H,19,20)/t13-/m1/s1. The molecule has 2 rings (SSSR count). The summed E-state index contributed by atoms with van der Waals surface area (Å²) in [4.78, 5) is 12.1. The number of carbonyl (C=O) groups excluding carboxylic acids is 1. The molecule has 0 aliphatic carbocycles. The molecule has 1 amide bonds. The minimum absolute atomic E-state index is 0.275. The Morgan fingerprint density at radius 3 is 2.48 bits per heavy atom. The Hall–Kier alpha value is -2.36. The van der Waals surface area contributed by atoms with Gasteiger partial charge in [-0.15, -0.1) is 0 Å². The maximum Gasteiger partial charge on any atom is 0.265 e. The third kappa shape index (κ3) is 4.05. The number of amides is 1. The third-order valence-electron chi connectivity index (χ3n) is 3.13. The van der Waals surface area contributed by atoms with Gasteiger partial charge in [0.25, 0.3) is 5.91 Å². The van der Waals surface area contributed by atoms with Gasteiger partial charge in [-0.1, -0.05) is 12.1 Å². The second kappa shape index (κ2) is 6.39. The molecule has 0 unspecified atom stereocenters. The number of hydrogen-bond donors (Lipinski definition) is 1. The van der Waals surface area contributed by atoms with E-state index in [4.69, 9.17) is 4.74 Å². The van der Waals surface area contributed by atoms with Crippen LogP contribution >= 0.6 is 0 Å². The quantitative estimate of drug-likeness (QED) is 0.927. The molecule has 0 aliphatic rings. The Morgan fingerprint density at radius 1 is 1.14 bits per heavy atom. The predicted octanol–water partition coefficient (Wildman–Crippen LogP) is 3.85. The molecule has 0 saturated carbocycles. The van der Waals surface area contributed by atoms with Crippen LogP contribution in [0.25, 0.3) is 0 Å². The summed E-state index contributed by atoms with van der Waals surface area (Å²) in [6, 6.07) is 11.5. The van der Waals surface area contributed by atoms with E-state index in [1.807, 2.05) is 32.0 Å². The zero-order valence-electron chi connectivity index (χ0n) is 12.3. The highest BCUT2D eigenvalue weighted by molar-refractivity contribution is 5.94. The molecule has 3 nitrogen and oxygen atoms in total. The predicted molar refractivity (Wildman–Crippen MR) is 81.0 cm³/mol. The van der Waals surface area contributed by atoms with Crippen molar-refractivity contribution < 1.29 is 13.9 Å². The smallest absolute Gasteiger partial charge is 0.265 e. The van der Waals surface area contributed by atoms with Gasteiger partial charge in [0.15, 0.2) is 6.10 Å². The Kier molecular flexibility index (Phi) is 4.58. The van der Waals surface area contributed by atoms with Crippen LogP contribution in [0, 0.1) is 19.7 Å². The van der Waals surface area contributed by atoms with Gasteiger partial charge < -0.3 is 10.1 Å². The second-order valence-electron chi connectivity index (χ2n) is 5.03. The molecule has 0 spiro atoms. The second-order valence-corrected chi connectivity index (χ2v) is 5.03. The van der Waals surface area contributed by atoms with Crippen LogP contribution in [0.2, 0.25) is 0 Å². The monoisotopic (exact) mass is 287 g/mol. The molecule has 0 aliphatic heterocycles. The fourth-order valence-electron chi connectivity index (χ4n) is 1.86. The van der Waals surface area contributed by atoms with Crippen molar-refractivity contribution in [3.05, 3.63) is 59.4 Å². The lowest BCUT2D eigenvalue weighted by Gasteiger charge is -2.16. The Labute approximate surface area is 123 Å². The molecule has 21 heavy (non-hydrogen) atoms. The lowest BCUT2D eigenvalue weighted by atomic mass is 10.1. The van der Waals surface area contributed by atoms with Gasteiger partial charge in [-0.2, -0.15) is 0 Å². The first-order valence-corrected chi connectivity index (χ1v) is 6.76. The maximum absolute atomic E-state index is 12.8. The third-order valence-corrected chi connectivity index (χ3v) is 3.13. The molecular formula is C17H18FNO2. The van der Waals surface area contributed by atoms with Crippen LogP contribution in [-0.4, -0.2) is 12.0 Å². The first-order chi connectivity index (χ1) is 9.95. The Morgan fingerprint density at radius 2 is 1.81 bits per heavy atom. The summed E-state index contributed by atoms with van der Waals surface area (Å²) in [6.07, 6.45) is -0.643. The minimum atomic E-state index is -0.643. The van der Waals surface area contributed by atoms with E-state index in [0.29, 0.717) is 11.4 Å².